The van der Waals surface area contributed by atoms with Crippen LogP contribution in [0.15, 0.2) is 0 Å². The fourth-order valence-corrected chi connectivity index (χ4v) is 1.64. The fourth-order valence-electron chi connectivity index (χ4n) is 1.64. The summed E-state index contributed by atoms with van der Waals surface area (Å²) in [6.07, 6.45) is -3.75. The molecular weight excluding hydrogens is 245 g/mol. The van der Waals surface area contributed by atoms with Crippen LogP contribution in [0.5, 0.6) is 0 Å². The Labute approximate surface area is 98.6 Å². The molecule has 0 bridgehead atoms. The summed E-state index contributed by atoms with van der Waals surface area (Å²) in [5, 5.41) is 0. The van der Waals surface area contributed by atoms with E-state index in [1.807, 2.05) is 0 Å². The van der Waals surface area contributed by atoms with Gasteiger partial charge in [0.05, 0.1) is 0 Å². The Hall–Kier alpha value is -0.490. The number of carbonyl (C=O) groups is 1. The topological polar surface area (TPSA) is 46.3 Å². The molecule has 2 N–H and O–H groups in total. The minimum absolute atomic E-state index is 0. The molecule has 0 aromatic heterocycles. The van der Waals surface area contributed by atoms with Gasteiger partial charge in [-0.15, -0.1) is 12.4 Å². The van der Waals surface area contributed by atoms with Gasteiger partial charge in [-0.05, 0) is 25.8 Å². The van der Waals surface area contributed by atoms with Crippen LogP contribution in [0, 0.1) is 11.8 Å². The Morgan fingerprint density at radius 1 is 1.56 bits per heavy atom. The Bertz CT molecular complexity index is 247. The van der Waals surface area contributed by atoms with Crippen LogP contribution in [-0.4, -0.2) is 36.6 Å². The molecule has 16 heavy (non-hydrogen) atoms. The van der Waals surface area contributed by atoms with Crippen LogP contribution in [0.25, 0.3) is 0 Å². The third-order valence-corrected chi connectivity index (χ3v) is 2.79. The van der Waals surface area contributed by atoms with Crippen molar-refractivity contribution < 1.29 is 18.0 Å². The quantitative estimate of drug-likeness (QED) is 0.816. The maximum absolute atomic E-state index is 12.3. The zero-order valence-corrected chi connectivity index (χ0v) is 9.77. The van der Waals surface area contributed by atoms with Crippen molar-refractivity contribution in [3.05, 3.63) is 0 Å². The molecule has 0 aromatic carbocycles. The van der Waals surface area contributed by atoms with E-state index in [0.29, 0.717) is 26.1 Å². The summed E-state index contributed by atoms with van der Waals surface area (Å²) in [6.45, 7) is 2.07. The van der Waals surface area contributed by atoms with Crippen LogP contribution in [0.2, 0.25) is 0 Å². The molecule has 0 aliphatic carbocycles. The lowest BCUT2D eigenvalue weighted by Crippen LogP contribution is -2.40. The van der Waals surface area contributed by atoms with Crippen LogP contribution in [0.3, 0.4) is 0 Å². The van der Waals surface area contributed by atoms with E-state index in [4.69, 9.17) is 5.73 Å². The first-order chi connectivity index (χ1) is 6.86. The molecule has 2 unspecified atom stereocenters. The summed E-state index contributed by atoms with van der Waals surface area (Å²) < 4.78 is 36.8. The monoisotopic (exact) mass is 260 g/mol. The van der Waals surface area contributed by atoms with Crippen LogP contribution in [-0.2, 0) is 4.79 Å². The summed E-state index contributed by atoms with van der Waals surface area (Å²) in [5.74, 6) is -2.60. The lowest BCUT2D eigenvalue weighted by Gasteiger charge is -2.22. The van der Waals surface area contributed by atoms with Gasteiger partial charge in [0.1, 0.15) is 5.92 Å². The van der Waals surface area contributed by atoms with Gasteiger partial charge in [0, 0.05) is 13.1 Å². The van der Waals surface area contributed by atoms with Gasteiger partial charge in [-0.3, -0.25) is 4.79 Å². The van der Waals surface area contributed by atoms with Crippen molar-refractivity contribution in [2.45, 2.75) is 19.5 Å². The Balaban J connectivity index is 0.00000225. The lowest BCUT2D eigenvalue weighted by atomic mass is 10.1. The second-order valence-corrected chi connectivity index (χ2v) is 3.94. The van der Waals surface area contributed by atoms with Gasteiger partial charge in [-0.1, -0.05) is 0 Å². The molecule has 1 aliphatic heterocycles. The molecule has 0 radical (unpaired) electrons. The first-order valence-corrected chi connectivity index (χ1v) is 4.91. The second kappa shape index (κ2) is 5.72. The average Bonchev–Trinajstić information content (AvgIpc) is 2.62. The van der Waals surface area contributed by atoms with E-state index < -0.39 is 18.0 Å². The van der Waals surface area contributed by atoms with Crippen molar-refractivity contribution in [1.29, 1.82) is 0 Å². The molecule has 96 valence electrons. The van der Waals surface area contributed by atoms with Crippen LogP contribution >= 0.6 is 12.4 Å². The van der Waals surface area contributed by atoms with Crippen molar-refractivity contribution >= 4 is 18.3 Å². The maximum atomic E-state index is 12.3. The average molecular weight is 261 g/mol. The summed E-state index contributed by atoms with van der Waals surface area (Å²) in [5.41, 5.74) is 5.40. The van der Waals surface area contributed by atoms with Crippen molar-refractivity contribution in [3.63, 3.8) is 0 Å². The lowest BCUT2D eigenvalue weighted by molar-refractivity contribution is -0.184. The number of hydrogen-bond donors (Lipinski definition) is 1. The van der Waals surface area contributed by atoms with E-state index in [-0.39, 0.29) is 18.3 Å². The third-order valence-electron chi connectivity index (χ3n) is 2.79. The molecule has 0 aromatic rings. The number of halogens is 4. The van der Waals surface area contributed by atoms with Gasteiger partial charge in [-0.2, -0.15) is 13.2 Å². The van der Waals surface area contributed by atoms with Crippen LogP contribution in [0.1, 0.15) is 13.3 Å². The zero-order chi connectivity index (χ0) is 11.6. The Kier molecular flexibility index (Phi) is 5.55. The highest BCUT2D eigenvalue weighted by Crippen LogP contribution is 2.29. The van der Waals surface area contributed by atoms with Gasteiger partial charge >= 0.3 is 6.18 Å². The zero-order valence-electron chi connectivity index (χ0n) is 8.96. The fraction of sp³-hybridized carbons (Fsp3) is 0.889. The first kappa shape index (κ1) is 15.5. The van der Waals surface area contributed by atoms with E-state index in [1.165, 1.54) is 4.90 Å². The molecule has 1 amide bonds. The standard InChI is InChI=1S/C9H15F3N2O.ClH/c1-6(9(10,11)12)8(15)14-3-2-7(4-13)5-14;/h6-7H,2-5,13H2,1H3;1H. The summed E-state index contributed by atoms with van der Waals surface area (Å²) in [4.78, 5) is 12.7. The van der Waals surface area contributed by atoms with Crippen molar-refractivity contribution in [2.24, 2.45) is 17.6 Å². The smallest absolute Gasteiger partial charge is 0.342 e. The van der Waals surface area contributed by atoms with E-state index in [2.05, 4.69) is 0 Å². The number of nitrogens with zero attached hydrogens (tertiary/aromatic N) is 1. The van der Waals surface area contributed by atoms with E-state index in [0.717, 1.165) is 6.92 Å². The molecule has 3 nitrogen and oxygen atoms in total. The van der Waals surface area contributed by atoms with Gasteiger partial charge in [0.15, 0.2) is 0 Å². The van der Waals surface area contributed by atoms with Crippen molar-refractivity contribution in [3.8, 4) is 0 Å². The predicted octanol–water partition coefficient (Wildman–Crippen LogP) is 1.41. The third kappa shape index (κ3) is 3.52. The molecule has 1 saturated heterocycles. The predicted molar refractivity (Wildman–Crippen MR) is 56.2 cm³/mol. The largest absolute Gasteiger partial charge is 0.400 e. The highest BCUT2D eigenvalue weighted by molar-refractivity contribution is 5.85. The van der Waals surface area contributed by atoms with Gasteiger partial charge < -0.3 is 10.6 Å². The van der Waals surface area contributed by atoms with E-state index in [1.54, 1.807) is 0 Å². The molecule has 1 fully saturated rings. The molecule has 7 heteroatoms. The van der Waals surface area contributed by atoms with Crippen LogP contribution in [0.4, 0.5) is 13.2 Å². The van der Waals surface area contributed by atoms with E-state index >= 15 is 0 Å². The van der Waals surface area contributed by atoms with Crippen LogP contribution < -0.4 is 5.73 Å². The Morgan fingerprint density at radius 3 is 2.50 bits per heavy atom. The summed E-state index contributed by atoms with van der Waals surface area (Å²) >= 11 is 0. The van der Waals surface area contributed by atoms with Crippen molar-refractivity contribution in [1.82, 2.24) is 4.90 Å². The SMILES string of the molecule is CC(C(=O)N1CCC(CN)C1)C(F)(F)F.Cl. The first-order valence-electron chi connectivity index (χ1n) is 4.91. The normalized spacial score (nSPS) is 22.8. The molecular formula is C9H16ClF3N2O. The molecule has 1 heterocycles. The van der Waals surface area contributed by atoms with Gasteiger partial charge in [0.25, 0.3) is 0 Å². The highest BCUT2D eigenvalue weighted by atomic mass is 35.5. The summed E-state index contributed by atoms with van der Waals surface area (Å²) in [6, 6.07) is 0. The Morgan fingerprint density at radius 2 is 2.12 bits per heavy atom. The van der Waals surface area contributed by atoms with Crippen molar-refractivity contribution in [2.75, 3.05) is 19.6 Å². The summed E-state index contributed by atoms with van der Waals surface area (Å²) in [7, 11) is 0. The number of hydrogen-bond acceptors (Lipinski definition) is 2. The minimum atomic E-state index is -4.45. The number of likely N-dealkylation sites (tertiary alicyclic amines) is 1. The molecule has 1 rings (SSSR count). The molecule has 0 spiro atoms. The molecule has 2 atom stereocenters. The molecule has 0 saturated carbocycles. The number of nitrogens with two attached hydrogens (primary N) is 1. The van der Waals surface area contributed by atoms with E-state index in [9.17, 15) is 18.0 Å². The molecule has 1 aliphatic rings. The van der Waals surface area contributed by atoms with Gasteiger partial charge in [-0.25, -0.2) is 0 Å². The highest BCUT2D eigenvalue weighted by Gasteiger charge is 2.44. The number of carbonyl (C=O) groups excluding carboxylic acids is 1. The number of amides is 1. The van der Waals surface area contributed by atoms with Gasteiger partial charge in [0.2, 0.25) is 5.91 Å². The minimum Gasteiger partial charge on any atom is -0.342 e. The second-order valence-electron chi connectivity index (χ2n) is 3.94. The maximum Gasteiger partial charge on any atom is 0.400 e. The number of alkyl halides is 3. The number of rotatable bonds is 2.